The molecule has 0 radical (unpaired) electrons. The minimum Gasteiger partial charge on any atom is -0.497 e. The lowest BCUT2D eigenvalue weighted by atomic mass is 10.2. The smallest absolute Gasteiger partial charge is 0.267 e. The molecule has 1 fully saturated rings. The average molecular weight is 483 g/mol. The van der Waals surface area contributed by atoms with E-state index in [1.54, 1.807) is 37.6 Å². The molecule has 0 unspecified atom stereocenters. The van der Waals surface area contributed by atoms with Crippen LogP contribution in [0.1, 0.15) is 17.5 Å². The van der Waals surface area contributed by atoms with Crippen molar-refractivity contribution < 1.29 is 14.6 Å². The van der Waals surface area contributed by atoms with E-state index >= 15 is 0 Å². The van der Waals surface area contributed by atoms with E-state index in [1.807, 2.05) is 24.3 Å². The van der Waals surface area contributed by atoms with Crippen LogP contribution in [0.3, 0.4) is 0 Å². The van der Waals surface area contributed by atoms with Gasteiger partial charge in [0.2, 0.25) is 0 Å². The number of methoxy groups -OCH3 is 1. The summed E-state index contributed by atoms with van der Waals surface area (Å²) < 4.78 is 7.03. The normalized spacial score (nSPS) is 15.0. The Hall–Kier alpha value is -3.21. The van der Waals surface area contributed by atoms with Gasteiger partial charge in [-0.3, -0.25) is 18.9 Å². The Morgan fingerprint density at radius 2 is 2.00 bits per heavy atom. The van der Waals surface area contributed by atoms with E-state index in [2.05, 4.69) is 10.3 Å². The predicted octanol–water partition coefficient (Wildman–Crippen LogP) is 2.90. The standard InChI is InChI=1S/C23H22N4O4S2/c1-31-16-8-6-15(7-9-16)14-27-22(30)18(33-23(27)32)13-17-20(24-10-4-12-28)25-19-5-2-3-11-26(19)21(17)29/h2-3,5-9,11,13,24,28H,4,10,12,14H2,1H3/b18-13+. The summed E-state index contributed by atoms with van der Waals surface area (Å²) >= 11 is 6.60. The van der Waals surface area contributed by atoms with Crippen molar-refractivity contribution in [2.45, 2.75) is 13.0 Å². The highest BCUT2D eigenvalue weighted by Crippen LogP contribution is 2.34. The molecule has 4 rings (SSSR count). The highest BCUT2D eigenvalue weighted by molar-refractivity contribution is 8.26. The molecule has 3 heterocycles. The maximum Gasteiger partial charge on any atom is 0.267 e. The number of benzene rings is 1. The lowest BCUT2D eigenvalue weighted by Crippen LogP contribution is -2.27. The van der Waals surface area contributed by atoms with E-state index in [0.717, 1.165) is 23.1 Å². The third kappa shape index (κ3) is 4.92. The van der Waals surface area contributed by atoms with Crippen LogP contribution in [0.15, 0.2) is 58.4 Å². The van der Waals surface area contributed by atoms with Crippen LogP contribution in [0.25, 0.3) is 11.7 Å². The number of rotatable bonds is 8. The number of pyridine rings is 1. The van der Waals surface area contributed by atoms with Crippen LogP contribution in [0.4, 0.5) is 5.82 Å². The molecular weight excluding hydrogens is 460 g/mol. The van der Waals surface area contributed by atoms with Crippen LogP contribution in [0.5, 0.6) is 5.75 Å². The third-order valence-corrected chi connectivity index (χ3v) is 6.42. The van der Waals surface area contributed by atoms with Crippen LogP contribution < -0.4 is 15.6 Å². The highest BCUT2D eigenvalue weighted by Gasteiger charge is 2.32. The Morgan fingerprint density at radius 1 is 1.21 bits per heavy atom. The fourth-order valence-electron chi connectivity index (χ4n) is 3.33. The van der Waals surface area contributed by atoms with E-state index in [4.69, 9.17) is 22.1 Å². The van der Waals surface area contributed by atoms with Gasteiger partial charge in [0.15, 0.2) is 0 Å². The van der Waals surface area contributed by atoms with Crippen molar-refractivity contribution in [1.29, 1.82) is 0 Å². The second kappa shape index (κ2) is 10.2. The van der Waals surface area contributed by atoms with Crippen molar-refractivity contribution >= 4 is 51.7 Å². The number of carbonyl (C=O) groups is 1. The Balaban J connectivity index is 1.67. The van der Waals surface area contributed by atoms with Gasteiger partial charge in [0, 0.05) is 19.3 Å². The first kappa shape index (κ1) is 23.0. The maximum absolute atomic E-state index is 13.2. The molecule has 8 nitrogen and oxygen atoms in total. The molecule has 2 aromatic heterocycles. The zero-order valence-electron chi connectivity index (χ0n) is 17.9. The lowest BCUT2D eigenvalue weighted by molar-refractivity contribution is -0.122. The summed E-state index contributed by atoms with van der Waals surface area (Å²) in [4.78, 5) is 32.7. The van der Waals surface area contributed by atoms with Crippen LogP contribution in [-0.2, 0) is 11.3 Å². The van der Waals surface area contributed by atoms with Gasteiger partial charge in [0.25, 0.3) is 11.5 Å². The van der Waals surface area contributed by atoms with Gasteiger partial charge in [0.1, 0.15) is 21.5 Å². The van der Waals surface area contributed by atoms with Gasteiger partial charge in [0.05, 0.1) is 24.1 Å². The number of carbonyl (C=O) groups excluding carboxylic acids is 1. The van der Waals surface area contributed by atoms with Crippen molar-refractivity contribution in [3.63, 3.8) is 0 Å². The summed E-state index contributed by atoms with van der Waals surface area (Å²) in [5.74, 6) is 0.828. The van der Waals surface area contributed by atoms with E-state index in [9.17, 15) is 9.59 Å². The van der Waals surface area contributed by atoms with Gasteiger partial charge < -0.3 is 15.2 Å². The summed E-state index contributed by atoms with van der Waals surface area (Å²) in [6.45, 7) is 0.771. The van der Waals surface area contributed by atoms with E-state index in [1.165, 1.54) is 9.30 Å². The molecule has 1 amide bonds. The number of aromatic nitrogens is 2. The minimum absolute atomic E-state index is 0.0128. The summed E-state index contributed by atoms with van der Waals surface area (Å²) in [7, 11) is 1.60. The van der Waals surface area contributed by atoms with Gasteiger partial charge in [-0.2, -0.15) is 0 Å². The molecule has 2 N–H and O–H groups in total. The minimum atomic E-state index is -0.299. The Bertz CT molecular complexity index is 1290. The van der Waals surface area contributed by atoms with Crippen molar-refractivity contribution in [2.75, 3.05) is 25.6 Å². The van der Waals surface area contributed by atoms with Crippen molar-refractivity contribution in [3.05, 3.63) is 75.0 Å². The summed E-state index contributed by atoms with van der Waals surface area (Å²) in [6, 6.07) is 12.7. The second-order valence-corrected chi connectivity index (χ2v) is 8.90. The van der Waals surface area contributed by atoms with E-state index < -0.39 is 0 Å². The number of ether oxygens (including phenoxy) is 1. The fraction of sp³-hybridized carbons (Fsp3) is 0.217. The molecule has 1 aromatic carbocycles. The Labute approximate surface area is 199 Å². The number of nitrogens with zero attached hydrogens (tertiary/aromatic N) is 3. The number of thiocarbonyl (C=S) groups is 1. The number of nitrogens with one attached hydrogen (secondary N) is 1. The van der Waals surface area contributed by atoms with Gasteiger partial charge in [-0.1, -0.05) is 42.2 Å². The average Bonchev–Trinajstić information content (AvgIpc) is 3.09. The zero-order chi connectivity index (χ0) is 23.4. The van der Waals surface area contributed by atoms with Gasteiger partial charge in [-0.25, -0.2) is 4.98 Å². The Kier molecular flexibility index (Phi) is 7.07. The molecule has 0 spiro atoms. The number of hydrogen-bond acceptors (Lipinski definition) is 8. The predicted molar refractivity (Wildman–Crippen MR) is 133 cm³/mol. The molecule has 3 aromatic rings. The van der Waals surface area contributed by atoms with Gasteiger partial charge in [-0.05, 0) is 42.3 Å². The third-order valence-electron chi connectivity index (χ3n) is 5.05. The van der Waals surface area contributed by atoms with Gasteiger partial charge >= 0.3 is 0 Å². The topological polar surface area (TPSA) is 96.2 Å². The molecule has 1 aliphatic rings. The first-order valence-electron chi connectivity index (χ1n) is 10.3. The molecule has 33 heavy (non-hydrogen) atoms. The largest absolute Gasteiger partial charge is 0.497 e. The number of anilines is 1. The van der Waals surface area contributed by atoms with Crippen molar-refractivity contribution in [2.24, 2.45) is 0 Å². The van der Waals surface area contributed by atoms with E-state index in [-0.39, 0.29) is 23.6 Å². The van der Waals surface area contributed by atoms with Crippen LogP contribution in [-0.4, -0.2) is 49.9 Å². The van der Waals surface area contributed by atoms with Crippen LogP contribution >= 0.6 is 24.0 Å². The number of amides is 1. The number of thioether (sulfide) groups is 1. The van der Waals surface area contributed by atoms with Crippen molar-refractivity contribution in [3.8, 4) is 5.75 Å². The summed E-state index contributed by atoms with van der Waals surface area (Å²) in [6.07, 6.45) is 3.68. The molecule has 10 heteroatoms. The molecule has 0 atom stereocenters. The second-order valence-electron chi connectivity index (χ2n) is 7.23. The quantitative estimate of drug-likeness (QED) is 0.288. The number of hydrogen-bond donors (Lipinski definition) is 2. The number of aliphatic hydroxyl groups is 1. The molecule has 0 bridgehead atoms. The molecule has 0 saturated carbocycles. The molecule has 1 aliphatic heterocycles. The van der Waals surface area contributed by atoms with Crippen LogP contribution in [0.2, 0.25) is 0 Å². The molecule has 0 aliphatic carbocycles. The summed E-state index contributed by atoms with van der Waals surface area (Å²) in [5.41, 5.74) is 1.36. The number of aliphatic hydroxyl groups excluding tert-OH is 1. The molecule has 170 valence electrons. The van der Waals surface area contributed by atoms with Gasteiger partial charge in [-0.15, -0.1) is 0 Å². The van der Waals surface area contributed by atoms with Crippen molar-refractivity contribution in [1.82, 2.24) is 14.3 Å². The Morgan fingerprint density at radius 3 is 2.73 bits per heavy atom. The number of fused-ring (bicyclic) bond motifs is 1. The van der Waals surface area contributed by atoms with Crippen LogP contribution in [0, 0.1) is 0 Å². The SMILES string of the molecule is COc1ccc(CN2C(=O)/C(=C\c3c(NCCCO)nc4ccccn4c3=O)SC2=S)cc1. The first-order chi connectivity index (χ1) is 16.0. The maximum atomic E-state index is 13.2. The molecule has 1 saturated heterocycles. The highest BCUT2D eigenvalue weighted by atomic mass is 32.2. The monoisotopic (exact) mass is 482 g/mol. The van der Waals surface area contributed by atoms with E-state index in [0.29, 0.717) is 40.2 Å². The first-order valence-corrected chi connectivity index (χ1v) is 11.5. The molecular formula is C23H22N4O4S2. The lowest BCUT2D eigenvalue weighted by Gasteiger charge is -2.14. The zero-order valence-corrected chi connectivity index (χ0v) is 19.5. The fourth-order valence-corrected chi connectivity index (χ4v) is 4.57. The summed E-state index contributed by atoms with van der Waals surface area (Å²) in [5, 5.41) is 12.2.